The predicted molar refractivity (Wildman–Crippen MR) is 122 cm³/mol. The van der Waals surface area contributed by atoms with Gasteiger partial charge < -0.3 is 4.74 Å². The van der Waals surface area contributed by atoms with E-state index in [2.05, 4.69) is 37.5 Å². The van der Waals surface area contributed by atoms with Gasteiger partial charge in [-0.15, -0.1) is 5.10 Å². The van der Waals surface area contributed by atoms with Crippen molar-refractivity contribution in [1.29, 1.82) is 0 Å². The van der Waals surface area contributed by atoms with E-state index in [9.17, 15) is 0 Å². The summed E-state index contributed by atoms with van der Waals surface area (Å²) in [7, 11) is 0. The maximum Gasteiger partial charge on any atom is 0.204 e. The van der Waals surface area contributed by atoms with Gasteiger partial charge in [-0.1, -0.05) is 34.5 Å². The SMILES string of the molecule is CCOc1ccc(-n2c(-c3ccc(Br)cc3)nn(CN3CCCCC3)c2=S)cc1. The summed E-state index contributed by atoms with van der Waals surface area (Å²) in [4.78, 5) is 2.43. The Morgan fingerprint density at radius 2 is 1.69 bits per heavy atom. The molecule has 1 aliphatic heterocycles. The average Bonchev–Trinajstić information content (AvgIpc) is 3.06. The zero-order valence-corrected chi connectivity index (χ0v) is 19.0. The van der Waals surface area contributed by atoms with Crippen molar-refractivity contribution in [3.8, 4) is 22.8 Å². The molecule has 7 heteroatoms. The number of aromatic nitrogens is 3. The molecule has 4 rings (SSSR count). The molecular weight excluding hydrogens is 448 g/mol. The van der Waals surface area contributed by atoms with Crippen LogP contribution in [-0.2, 0) is 6.67 Å². The van der Waals surface area contributed by atoms with E-state index in [1.54, 1.807) is 0 Å². The van der Waals surface area contributed by atoms with Crippen LogP contribution in [0, 0.1) is 4.77 Å². The Labute approximate surface area is 185 Å². The minimum atomic E-state index is 0.649. The number of hydrogen-bond donors (Lipinski definition) is 0. The lowest BCUT2D eigenvalue weighted by atomic mass is 10.1. The van der Waals surface area contributed by atoms with Crippen molar-refractivity contribution in [2.75, 3.05) is 19.7 Å². The van der Waals surface area contributed by atoms with E-state index >= 15 is 0 Å². The number of hydrogen-bond acceptors (Lipinski definition) is 4. The maximum absolute atomic E-state index is 5.87. The number of likely N-dealkylation sites (tertiary alicyclic amines) is 1. The van der Waals surface area contributed by atoms with E-state index in [4.69, 9.17) is 22.1 Å². The normalized spacial score (nSPS) is 14.8. The summed E-state index contributed by atoms with van der Waals surface area (Å²) in [5.41, 5.74) is 2.02. The molecule has 1 aliphatic rings. The van der Waals surface area contributed by atoms with Crippen LogP contribution in [0.5, 0.6) is 5.75 Å². The second-order valence-corrected chi connectivity index (χ2v) is 8.48. The lowest BCUT2D eigenvalue weighted by Crippen LogP contribution is -2.32. The fourth-order valence-corrected chi connectivity index (χ4v) is 4.22. The highest BCUT2D eigenvalue weighted by Gasteiger charge is 2.17. The standard InChI is InChI=1S/C22H25BrN4OS/c1-2-28-20-12-10-19(11-13-20)27-21(17-6-8-18(23)9-7-17)24-26(22(27)29)16-25-14-4-3-5-15-25/h6-13H,2-5,14-16H2,1H3. The number of benzene rings is 2. The van der Waals surface area contributed by atoms with Gasteiger partial charge in [-0.3, -0.25) is 9.47 Å². The molecule has 0 spiro atoms. The van der Waals surface area contributed by atoms with Crippen molar-refractivity contribution in [1.82, 2.24) is 19.2 Å². The fraction of sp³-hybridized carbons (Fsp3) is 0.364. The summed E-state index contributed by atoms with van der Waals surface area (Å²) in [5.74, 6) is 1.71. The van der Waals surface area contributed by atoms with E-state index in [0.29, 0.717) is 11.4 Å². The van der Waals surface area contributed by atoms with Gasteiger partial charge >= 0.3 is 0 Å². The van der Waals surface area contributed by atoms with Crippen molar-refractivity contribution < 1.29 is 4.74 Å². The van der Waals surface area contributed by atoms with Crippen LogP contribution in [0.15, 0.2) is 53.0 Å². The summed E-state index contributed by atoms with van der Waals surface area (Å²) in [6, 6.07) is 16.2. The van der Waals surface area contributed by atoms with Gasteiger partial charge in [-0.05, 0) is 81.5 Å². The zero-order chi connectivity index (χ0) is 20.2. The van der Waals surface area contributed by atoms with E-state index in [0.717, 1.165) is 47.1 Å². The smallest absolute Gasteiger partial charge is 0.204 e. The van der Waals surface area contributed by atoms with Gasteiger partial charge in [0.05, 0.1) is 19.0 Å². The Morgan fingerprint density at radius 3 is 2.34 bits per heavy atom. The molecule has 2 heterocycles. The highest BCUT2D eigenvalue weighted by atomic mass is 79.9. The lowest BCUT2D eigenvalue weighted by molar-refractivity contribution is 0.172. The largest absolute Gasteiger partial charge is 0.494 e. The Kier molecular flexibility index (Phi) is 6.47. The molecule has 0 atom stereocenters. The summed E-state index contributed by atoms with van der Waals surface area (Å²) in [6.45, 7) is 5.57. The van der Waals surface area contributed by atoms with Crippen molar-refractivity contribution in [3.63, 3.8) is 0 Å². The molecule has 1 saturated heterocycles. The molecule has 0 bridgehead atoms. The first-order chi connectivity index (χ1) is 14.2. The van der Waals surface area contributed by atoms with Gasteiger partial charge in [0, 0.05) is 10.0 Å². The zero-order valence-electron chi connectivity index (χ0n) is 16.6. The average molecular weight is 473 g/mol. The number of ether oxygens (including phenoxy) is 1. The molecule has 0 radical (unpaired) electrons. The van der Waals surface area contributed by atoms with Crippen molar-refractivity contribution in [2.45, 2.75) is 32.9 Å². The van der Waals surface area contributed by atoms with Crippen LogP contribution in [0.3, 0.4) is 0 Å². The van der Waals surface area contributed by atoms with E-state index in [-0.39, 0.29) is 0 Å². The van der Waals surface area contributed by atoms with Crippen LogP contribution < -0.4 is 4.74 Å². The van der Waals surface area contributed by atoms with Crippen LogP contribution >= 0.6 is 28.1 Å². The third-order valence-electron chi connectivity index (χ3n) is 5.13. The second-order valence-electron chi connectivity index (χ2n) is 7.20. The molecule has 2 aromatic carbocycles. The maximum atomic E-state index is 5.87. The minimum absolute atomic E-state index is 0.649. The van der Waals surface area contributed by atoms with Crippen LogP contribution in [0.2, 0.25) is 0 Å². The van der Waals surface area contributed by atoms with Gasteiger partial charge in [-0.25, -0.2) is 4.68 Å². The first-order valence-electron chi connectivity index (χ1n) is 10.1. The molecular formula is C22H25BrN4OS. The quantitative estimate of drug-likeness (QED) is 0.432. The lowest BCUT2D eigenvalue weighted by Gasteiger charge is -2.25. The third kappa shape index (κ3) is 4.63. The monoisotopic (exact) mass is 472 g/mol. The molecule has 0 N–H and O–H groups in total. The minimum Gasteiger partial charge on any atom is -0.494 e. The van der Waals surface area contributed by atoms with Crippen LogP contribution in [-0.4, -0.2) is 38.9 Å². The number of nitrogens with zero attached hydrogens (tertiary/aromatic N) is 4. The Morgan fingerprint density at radius 1 is 1.00 bits per heavy atom. The molecule has 0 amide bonds. The van der Waals surface area contributed by atoms with Crippen LogP contribution in [0.25, 0.3) is 17.1 Å². The molecule has 0 unspecified atom stereocenters. The first-order valence-corrected chi connectivity index (χ1v) is 11.3. The van der Waals surface area contributed by atoms with E-state index in [1.165, 1.54) is 19.3 Å². The van der Waals surface area contributed by atoms with Gasteiger partial charge in [-0.2, -0.15) is 0 Å². The summed E-state index contributed by atoms with van der Waals surface area (Å²) >= 11 is 9.39. The van der Waals surface area contributed by atoms with Gasteiger partial charge in [0.1, 0.15) is 5.75 Å². The van der Waals surface area contributed by atoms with Gasteiger partial charge in [0.25, 0.3) is 0 Å². The topological polar surface area (TPSA) is 35.2 Å². The Bertz CT molecular complexity index is 1000. The van der Waals surface area contributed by atoms with Crippen LogP contribution in [0.4, 0.5) is 0 Å². The van der Waals surface area contributed by atoms with E-state index in [1.807, 2.05) is 48.0 Å². The first kappa shape index (κ1) is 20.3. The number of rotatable bonds is 6. The third-order valence-corrected chi connectivity index (χ3v) is 6.05. The predicted octanol–water partition coefficient (Wildman–Crippen LogP) is 5.67. The number of piperidine rings is 1. The molecule has 1 aromatic heterocycles. The number of halogens is 1. The molecule has 0 saturated carbocycles. The molecule has 1 fully saturated rings. The summed E-state index contributed by atoms with van der Waals surface area (Å²) in [5, 5.41) is 4.93. The molecule has 29 heavy (non-hydrogen) atoms. The van der Waals surface area contributed by atoms with Crippen molar-refractivity contribution in [2.24, 2.45) is 0 Å². The molecule has 0 aliphatic carbocycles. The van der Waals surface area contributed by atoms with Gasteiger partial charge in [0.2, 0.25) is 4.77 Å². The molecule has 152 valence electrons. The van der Waals surface area contributed by atoms with E-state index < -0.39 is 0 Å². The fourth-order valence-electron chi connectivity index (χ4n) is 3.67. The molecule has 3 aromatic rings. The summed E-state index contributed by atoms with van der Waals surface area (Å²) < 4.78 is 11.3. The second kappa shape index (κ2) is 9.24. The highest BCUT2D eigenvalue weighted by molar-refractivity contribution is 9.10. The molecule has 5 nitrogen and oxygen atoms in total. The summed E-state index contributed by atoms with van der Waals surface area (Å²) in [6.07, 6.45) is 3.80. The Hall–Kier alpha value is -1.96. The van der Waals surface area contributed by atoms with Gasteiger partial charge in [0.15, 0.2) is 5.82 Å². The Balaban J connectivity index is 1.76. The highest BCUT2D eigenvalue weighted by Crippen LogP contribution is 2.26. The van der Waals surface area contributed by atoms with Crippen molar-refractivity contribution in [3.05, 3.63) is 57.8 Å². The van der Waals surface area contributed by atoms with Crippen molar-refractivity contribution >= 4 is 28.1 Å². The van der Waals surface area contributed by atoms with Crippen LogP contribution in [0.1, 0.15) is 26.2 Å².